The normalized spacial score (nSPS) is 27.3. The first kappa shape index (κ1) is 13.2. The van der Waals surface area contributed by atoms with E-state index in [1.54, 1.807) is 0 Å². The Labute approximate surface area is 116 Å². The predicted octanol–water partition coefficient (Wildman–Crippen LogP) is 3.17. The van der Waals surface area contributed by atoms with Gasteiger partial charge in [-0.3, -0.25) is 4.68 Å². The van der Waals surface area contributed by atoms with Crippen molar-refractivity contribution in [1.29, 1.82) is 0 Å². The Hall–Kier alpha value is -0.830. The van der Waals surface area contributed by atoms with Crippen LogP contribution < -0.4 is 5.32 Å². The number of aromatic nitrogens is 2. The monoisotopic (exact) mass is 261 g/mol. The highest BCUT2D eigenvalue weighted by molar-refractivity contribution is 5.02. The van der Waals surface area contributed by atoms with Gasteiger partial charge in [0, 0.05) is 18.3 Å². The molecule has 2 saturated carbocycles. The third kappa shape index (κ3) is 3.38. The molecule has 1 aromatic rings. The fourth-order valence-electron chi connectivity index (χ4n) is 3.30. The van der Waals surface area contributed by atoms with E-state index in [2.05, 4.69) is 36.1 Å². The summed E-state index contributed by atoms with van der Waals surface area (Å²) >= 11 is 0. The number of rotatable bonds is 6. The molecule has 0 aromatic carbocycles. The average Bonchev–Trinajstić information content (AvgIpc) is 2.92. The van der Waals surface area contributed by atoms with Crippen molar-refractivity contribution < 1.29 is 0 Å². The SMILES string of the molecule is CC(C)n1ccc(CC2CCCC2CNC2CC2)n1. The van der Waals surface area contributed by atoms with Crippen molar-refractivity contribution in [2.75, 3.05) is 6.54 Å². The Kier molecular flexibility index (Phi) is 3.92. The first-order valence-corrected chi connectivity index (χ1v) is 8.00. The molecule has 2 atom stereocenters. The summed E-state index contributed by atoms with van der Waals surface area (Å²) in [6.07, 6.45) is 10.3. The van der Waals surface area contributed by atoms with E-state index in [0.29, 0.717) is 6.04 Å². The van der Waals surface area contributed by atoms with E-state index in [9.17, 15) is 0 Å². The first-order chi connectivity index (χ1) is 9.22. The molecule has 2 unspecified atom stereocenters. The molecule has 2 aliphatic carbocycles. The van der Waals surface area contributed by atoms with Gasteiger partial charge in [0.1, 0.15) is 0 Å². The summed E-state index contributed by atoms with van der Waals surface area (Å²) in [5, 5.41) is 8.42. The van der Waals surface area contributed by atoms with E-state index in [1.807, 2.05) is 0 Å². The topological polar surface area (TPSA) is 29.9 Å². The lowest BCUT2D eigenvalue weighted by atomic mass is 9.91. The van der Waals surface area contributed by atoms with Gasteiger partial charge in [0.15, 0.2) is 0 Å². The molecule has 0 bridgehead atoms. The Morgan fingerprint density at radius 1 is 1.26 bits per heavy atom. The molecule has 0 radical (unpaired) electrons. The number of nitrogens with zero attached hydrogens (tertiary/aromatic N) is 2. The van der Waals surface area contributed by atoms with Crippen molar-refractivity contribution >= 4 is 0 Å². The maximum atomic E-state index is 4.71. The maximum absolute atomic E-state index is 4.71. The molecule has 1 heterocycles. The van der Waals surface area contributed by atoms with E-state index in [1.165, 1.54) is 50.8 Å². The molecular weight excluding hydrogens is 234 g/mol. The minimum absolute atomic E-state index is 0.477. The molecule has 0 amide bonds. The molecule has 1 aromatic heterocycles. The van der Waals surface area contributed by atoms with Crippen LogP contribution in [0.1, 0.15) is 57.7 Å². The molecule has 3 nitrogen and oxygen atoms in total. The molecule has 0 spiro atoms. The summed E-state index contributed by atoms with van der Waals surface area (Å²) in [4.78, 5) is 0. The van der Waals surface area contributed by atoms with E-state index in [4.69, 9.17) is 5.10 Å². The highest BCUT2D eigenvalue weighted by Gasteiger charge is 2.30. The van der Waals surface area contributed by atoms with E-state index in [0.717, 1.165) is 17.9 Å². The van der Waals surface area contributed by atoms with Crippen molar-refractivity contribution in [3.05, 3.63) is 18.0 Å². The van der Waals surface area contributed by atoms with Crippen LogP contribution in [0.3, 0.4) is 0 Å². The van der Waals surface area contributed by atoms with Crippen molar-refractivity contribution in [1.82, 2.24) is 15.1 Å². The lowest BCUT2D eigenvalue weighted by Crippen LogP contribution is -2.27. The van der Waals surface area contributed by atoms with Gasteiger partial charge >= 0.3 is 0 Å². The number of nitrogens with one attached hydrogen (secondary N) is 1. The summed E-state index contributed by atoms with van der Waals surface area (Å²) in [7, 11) is 0. The smallest absolute Gasteiger partial charge is 0.0627 e. The van der Waals surface area contributed by atoms with Gasteiger partial charge in [-0.25, -0.2) is 0 Å². The second-order valence-corrected chi connectivity index (χ2v) is 6.72. The fraction of sp³-hybridized carbons (Fsp3) is 0.812. The van der Waals surface area contributed by atoms with Crippen LogP contribution in [0, 0.1) is 11.8 Å². The third-order valence-electron chi connectivity index (χ3n) is 4.73. The Bertz CT molecular complexity index is 406. The molecule has 2 aliphatic rings. The zero-order valence-corrected chi connectivity index (χ0v) is 12.3. The van der Waals surface area contributed by atoms with Gasteiger partial charge in [-0.05, 0) is 70.4 Å². The lowest BCUT2D eigenvalue weighted by molar-refractivity contribution is 0.360. The molecule has 2 fully saturated rings. The summed E-state index contributed by atoms with van der Waals surface area (Å²) in [5.41, 5.74) is 1.29. The second kappa shape index (κ2) is 5.66. The highest BCUT2D eigenvalue weighted by Crippen LogP contribution is 2.34. The van der Waals surface area contributed by atoms with Crippen LogP contribution in [-0.2, 0) is 6.42 Å². The quantitative estimate of drug-likeness (QED) is 0.852. The van der Waals surface area contributed by atoms with E-state index in [-0.39, 0.29) is 0 Å². The van der Waals surface area contributed by atoms with Crippen molar-refractivity contribution in [2.24, 2.45) is 11.8 Å². The van der Waals surface area contributed by atoms with Crippen molar-refractivity contribution in [2.45, 2.75) is 64.5 Å². The molecule has 0 saturated heterocycles. The van der Waals surface area contributed by atoms with Gasteiger partial charge in [-0.15, -0.1) is 0 Å². The lowest BCUT2D eigenvalue weighted by Gasteiger charge is -2.19. The third-order valence-corrected chi connectivity index (χ3v) is 4.73. The van der Waals surface area contributed by atoms with E-state index >= 15 is 0 Å². The maximum Gasteiger partial charge on any atom is 0.0627 e. The summed E-state index contributed by atoms with van der Waals surface area (Å²) in [5.74, 6) is 1.73. The molecular formula is C16H27N3. The van der Waals surface area contributed by atoms with Crippen LogP contribution in [-0.4, -0.2) is 22.4 Å². The first-order valence-electron chi connectivity index (χ1n) is 8.00. The van der Waals surface area contributed by atoms with Gasteiger partial charge in [0.05, 0.1) is 5.69 Å². The van der Waals surface area contributed by atoms with Gasteiger partial charge in [-0.2, -0.15) is 5.10 Å². The van der Waals surface area contributed by atoms with Crippen LogP contribution in [0.15, 0.2) is 12.3 Å². The molecule has 3 heteroatoms. The van der Waals surface area contributed by atoms with Gasteiger partial charge in [0.25, 0.3) is 0 Å². The molecule has 3 rings (SSSR count). The Morgan fingerprint density at radius 2 is 2.05 bits per heavy atom. The zero-order chi connectivity index (χ0) is 13.2. The average molecular weight is 261 g/mol. The minimum Gasteiger partial charge on any atom is -0.314 e. The predicted molar refractivity (Wildman–Crippen MR) is 78.2 cm³/mol. The summed E-state index contributed by atoms with van der Waals surface area (Å²) in [6.45, 7) is 5.61. The summed E-state index contributed by atoms with van der Waals surface area (Å²) in [6, 6.07) is 3.54. The summed E-state index contributed by atoms with van der Waals surface area (Å²) < 4.78 is 2.09. The molecule has 0 aliphatic heterocycles. The van der Waals surface area contributed by atoms with Gasteiger partial charge in [-0.1, -0.05) is 6.42 Å². The number of hydrogen-bond acceptors (Lipinski definition) is 2. The van der Waals surface area contributed by atoms with Gasteiger partial charge in [0.2, 0.25) is 0 Å². The standard InChI is InChI=1S/C16H27N3/c1-12(2)19-9-8-16(18-19)10-13-4-3-5-14(13)11-17-15-6-7-15/h8-9,12-15,17H,3-7,10-11H2,1-2H3. The largest absolute Gasteiger partial charge is 0.314 e. The second-order valence-electron chi connectivity index (χ2n) is 6.72. The van der Waals surface area contributed by atoms with Crippen LogP contribution in [0.4, 0.5) is 0 Å². The molecule has 1 N–H and O–H groups in total. The van der Waals surface area contributed by atoms with Crippen molar-refractivity contribution in [3.63, 3.8) is 0 Å². The van der Waals surface area contributed by atoms with Crippen LogP contribution in [0.2, 0.25) is 0 Å². The van der Waals surface area contributed by atoms with Crippen LogP contribution >= 0.6 is 0 Å². The minimum atomic E-state index is 0.477. The van der Waals surface area contributed by atoms with Gasteiger partial charge < -0.3 is 5.32 Å². The van der Waals surface area contributed by atoms with Crippen LogP contribution in [0.5, 0.6) is 0 Å². The van der Waals surface area contributed by atoms with E-state index < -0.39 is 0 Å². The fourth-order valence-corrected chi connectivity index (χ4v) is 3.30. The highest BCUT2D eigenvalue weighted by atomic mass is 15.3. The van der Waals surface area contributed by atoms with Crippen LogP contribution in [0.25, 0.3) is 0 Å². The molecule has 19 heavy (non-hydrogen) atoms. The Balaban J connectivity index is 1.54. The number of hydrogen-bond donors (Lipinski definition) is 1. The Morgan fingerprint density at radius 3 is 2.74 bits per heavy atom. The zero-order valence-electron chi connectivity index (χ0n) is 12.3. The van der Waals surface area contributed by atoms with Crippen molar-refractivity contribution in [3.8, 4) is 0 Å². The molecule has 106 valence electrons.